The molecular formula is C33H43ClF2N2O5S. The van der Waals surface area contributed by atoms with Crippen LogP contribution in [0.1, 0.15) is 84.0 Å². The second-order valence-electron chi connectivity index (χ2n) is 11.8. The smallest absolute Gasteiger partial charge is 0.306 e. The summed E-state index contributed by atoms with van der Waals surface area (Å²) < 4.78 is 57.5. The summed E-state index contributed by atoms with van der Waals surface area (Å²) in [5.41, 5.74) is -0.110. The van der Waals surface area contributed by atoms with Crippen LogP contribution in [0.25, 0.3) is 0 Å². The molecule has 0 aromatic heterocycles. The molecule has 0 spiro atoms. The zero-order valence-corrected chi connectivity index (χ0v) is 26.8. The highest BCUT2D eigenvalue weighted by atomic mass is 35.5. The van der Waals surface area contributed by atoms with E-state index in [1.165, 1.54) is 75.6 Å². The van der Waals surface area contributed by atoms with Crippen LogP contribution in [0.4, 0.5) is 8.78 Å². The zero-order valence-electron chi connectivity index (χ0n) is 25.2. The number of rotatable bonds is 16. The maximum atomic E-state index is 13.2. The molecule has 4 rings (SSSR count). The lowest BCUT2D eigenvalue weighted by Crippen LogP contribution is -2.30. The topological polar surface area (TPSA) is 116 Å². The van der Waals surface area contributed by atoms with Gasteiger partial charge in [0, 0.05) is 5.92 Å². The maximum Gasteiger partial charge on any atom is 0.306 e. The average molecular weight is 653 g/mol. The molecule has 0 unspecified atom stereocenters. The fourth-order valence-electron chi connectivity index (χ4n) is 5.47. The van der Waals surface area contributed by atoms with Crippen LogP contribution < -0.4 is 10.1 Å². The number of benzene rings is 2. The summed E-state index contributed by atoms with van der Waals surface area (Å²) in [6.45, 7) is 3.27. The van der Waals surface area contributed by atoms with Gasteiger partial charge in [-0.2, -0.15) is 5.26 Å². The summed E-state index contributed by atoms with van der Waals surface area (Å²) in [6.07, 6.45) is 12.9. The van der Waals surface area contributed by atoms with E-state index in [2.05, 4.69) is 18.3 Å². The highest BCUT2D eigenvalue weighted by Crippen LogP contribution is 2.40. The van der Waals surface area contributed by atoms with Gasteiger partial charge >= 0.3 is 5.97 Å². The maximum absolute atomic E-state index is 13.2. The minimum atomic E-state index is -3.94. The van der Waals surface area contributed by atoms with Crippen molar-refractivity contribution in [1.29, 1.82) is 5.26 Å². The molecule has 0 saturated heterocycles. The van der Waals surface area contributed by atoms with Crippen LogP contribution in [0.3, 0.4) is 0 Å². The van der Waals surface area contributed by atoms with Crippen LogP contribution in [-0.4, -0.2) is 43.4 Å². The molecule has 0 radical (unpaired) electrons. The Hall–Kier alpha value is -2.74. The highest BCUT2D eigenvalue weighted by molar-refractivity contribution is 7.92. The van der Waals surface area contributed by atoms with E-state index < -0.39 is 44.5 Å². The van der Waals surface area contributed by atoms with Crippen LogP contribution in [0, 0.1) is 34.8 Å². The molecule has 11 heteroatoms. The molecule has 7 nitrogen and oxygen atoms in total. The first-order valence-corrected chi connectivity index (χ1v) is 17.4. The minimum absolute atomic E-state index is 0.0221. The SMILES string of the molecule is CCCCCCCCCCNC1(C#N)CC1.O=C(O)[C@@H]1C[C@H](S(=O)(=O)c2ccc(F)cc2Cl)C[C@H]1COc1ccc(F)cc1. The van der Waals surface area contributed by atoms with Gasteiger partial charge in [-0.3, -0.25) is 10.1 Å². The number of unbranched alkanes of at least 4 members (excludes halogenated alkanes) is 7. The van der Waals surface area contributed by atoms with Crippen LogP contribution in [-0.2, 0) is 14.6 Å². The van der Waals surface area contributed by atoms with Gasteiger partial charge in [-0.05, 0) is 81.1 Å². The molecule has 2 N–H and O–H groups in total. The third-order valence-corrected chi connectivity index (χ3v) is 11.0. The standard InChI is InChI=1S/C19H17ClF2O5S.C14H26N2/c20-17-8-13(22)3-6-18(17)28(25,26)15-7-11(16(9-15)19(23)24)10-27-14-4-1-12(21)2-5-14;1-2-3-4-5-6-7-8-9-12-16-14(13-15)10-11-14/h1-6,8,11,15-16H,7,9-10H2,(H,23,24);16H,2-12H2,1H3/t11-,15+,16+;/m0./s1. The monoisotopic (exact) mass is 652 g/mol. The van der Waals surface area contributed by atoms with Gasteiger partial charge in [-0.1, -0.05) is 63.5 Å². The molecule has 44 heavy (non-hydrogen) atoms. The van der Waals surface area contributed by atoms with Crippen molar-refractivity contribution in [2.45, 2.75) is 99.7 Å². The number of sulfone groups is 1. The van der Waals surface area contributed by atoms with Crippen LogP contribution in [0.5, 0.6) is 5.75 Å². The predicted molar refractivity (Wildman–Crippen MR) is 166 cm³/mol. The second kappa shape index (κ2) is 17.1. The number of carbonyl (C=O) groups is 1. The minimum Gasteiger partial charge on any atom is -0.493 e. The summed E-state index contributed by atoms with van der Waals surface area (Å²) >= 11 is 5.89. The summed E-state index contributed by atoms with van der Waals surface area (Å²) in [5, 5.41) is 20.5. The van der Waals surface area contributed by atoms with Crippen LogP contribution in [0.15, 0.2) is 47.4 Å². The Balaban J connectivity index is 0.000000281. The first-order chi connectivity index (χ1) is 21.0. The van der Waals surface area contributed by atoms with Gasteiger partial charge in [0.1, 0.15) is 22.9 Å². The molecular weight excluding hydrogens is 610 g/mol. The van der Waals surface area contributed by atoms with E-state index in [0.717, 1.165) is 37.6 Å². The van der Waals surface area contributed by atoms with Crippen LogP contribution >= 0.6 is 11.6 Å². The van der Waals surface area contributed by atoms with Crippen molar-refractivity contribution in [1.82, 2.24) is 5.32 Å². The van der Waals surface area contributed by atoms with Gasteiger partial charge < -0.3 is 9.84 Å². The van der Waals surface area contributed by atoms with Crippen molar-refractivity contribution in [3.05, 3.63) is 59.1 Å². The van der Waals surface area contributed by atoms with Gasteiger partial charge in [0.25, 0.3) is 0 Å². The van der Waals surface area contributed by atoms with E-state index in [-0.39, 0.29) is 34.9 Å². The highest BCUT2D eigenvalue weighted by Gasteiger charge is 2.45. The molecule has 2 aliphatic carbocycles. The Morgan fingerprint density at radius 1 is 1.02 bits per heavy atom. The molecule has 2 aliphatic rings. The fraction of sp³-hybridized carbons (Fsp3) is 0.576. The fourth-order valence-corrected chi connectivity index (χ4v) is 7.87. The number of carboxylic acid groups (broad SMARTS) is 1. The summed E-state index contributed by atoms with van der Waals surface area (Å²) in [7, 11) is -3.94. The normalized spacial score (nSPS) is 20.3. The first-order valence-electron chi connectivity index (χ1n) is 15.5. The van der Waals surface area contributed by atoms with E-state index in [9.17, 15) is 27.1 Å². The number of halogens is 3. The lowest BCUT2D eigenvalue weighted by atomic mass is 9.97. The summed E-state index contributed by atoms with van der Waals surface area (Å²) in [6, 6.07) is 10.6. The molecule has 2 aromatic carbocycles. The zero-order chi connectivity index (χ0) is 32.2. The number of aliphatic carboxylic acids is 1. The quantitative estimate of drug-likeness (QED) is 0.141. The van der Waals surface area contributed by atoms with Crippen molar-refractivity contribution in [2.24, 2.45) is 11.8 Å². The largest absolute Gasteiger partial charge is 0.493 e. The van der Waals surface area contributed by atoms with Crippen molar-refractivity contribution in [3.63, 3.8) is 0 Å². The molecule has 0 aliphatic heterocycles. The lowest BCUT2D eigenvalue weighted by molar-refractivity contribution is -0.143. The number of hydrogen-bond acceptors (Lipinski definition) is 6. The van der Waals surface area contributed by atoms with Crippen molar-refractivity contribution < 1.29 is 31.8 Å². The molecule has 2 aromatic rings. The Morgan fingerprint density at radius 3 is 2.20 bits per heavy atom. The molecule has 0 amide bonds. The molecule has 2 saturated carbocycles. The molecule has 0 bridgehead atoms. The summed E-state index contributed by atoms with van der Waals surface area (Å²) in [4.78, 5) is 11.4. The van der Waals surface area contributed by atoms with Gasteiger partial charge in [-0.25, -0.2) is 17.2 Å². The van der Waals surface area contributed by atoms with E-state index in [1.807, 2.05) is 0 Å². The van der Waals surface area contributed by atoms with Crippen molar-refractivity contribution >= 4 is 27.4 Å². The number of nitrogens with zero attached hydrogens (tertiary/aromatic N) is 1. The molecule has 3 atom stereocenters. The van der Waals surface area contributed by atoms with Crippen molar-refractivity contribution in [2.75, 3.05) is 13.2 Å². The number of nitrogens with one attached hydrogen (secondary N) is 1. The van der Waals surface area contributed by atoms with Gasteiger partial charge in [0.2, 0.25) is 0 Å². The number of nitriles is 1. The van der Waals surface area contributed by atoms with E-state index in [1.54, 1.807) is 0 Å². The number of carboxylic acids is 1. The second-order valence-corrected chi connectivity index (χ2v) is 14.4. The predicted octanol–water partition coefficient (Wildman–Crippen LogP) is 7.72. The van der Waals surface area contributed by atoms with Gasteiger partial charge in [0.05, 0.1) is 33.8 Å². The van der Waals surface area contributed by atoms with E-state index in [4.69, 9.17) is 21.6 Å². The van der Waals surface area contributed by atoms with E-state index >= 15 is 0 Å². The lowest BCUT2D eigenvalue weighted by Gasteiger charge is -2.16. The third-order valence-electron chi connectivity index (χ3n) is 8.34. The Kier molecular flexibility index (Phi) is 13.9. The Labute approximate surface area is 264 Å². The molecule has 0 heterocycles. The third kappa shape index (κ3) is 10.7. The Bertz CT molecular complexity index is 1360. The number of hydrogen-bond donors (Lipinski definition) is 2. The average Bonchev–Trinajstić information content (AvgIpc) is 3.63. The molecule has 2 fully saturated rings. The first kappa shape index (κ1) is 35.7. The summed E-state index contributed by atoms with van der Waals surface area (Å²) in [5.74, 6) is -3.32. The molecule has 242 valence electrons. The van der Waals surface area contributed by atoms with E-state index in [0.29, 0.717) is 5.75 Å². The van der Waals surface area contributed by atoms with Gasteiger partial charge in [0.15, 0.2) is 9.84 Å². The van der Waals surface area contributed by atoms with Crippen LogP contribution in [0.2, 0.25) is 5.02 Å². The number of ether oxygens (including phenoxy) is 1. The Morgan fingerprint density at radius 2 is 1.64 bits per heavy atom. The van der Waals surface area contributed by atoms with Gasteiger partial charge in [-0.15, -0.1) is 0 Å². The van der Waals surface area contributed by atoms with Crippen molar-refractivity contribution in [3.8, 4) is 11.8 Å².